The van der Waals surface area contributed by atoms with Gasteiger partial charge in [0.05, 0.1) is 0 Å². The average molecular weight is 332 g/mol. The first kappa shape index (κ1) is 26.1. The van der Waals surface area contributed by atoms with Crippen LogP contribution in [0.3, 0.4) is 0 Å². The van der Waals surface area contributed by atoms with Crippen molar-refractivity contribution < 1.29 is 29.7 Å². The van der Waals surface area contributed by atoms with Crippen LogP contribution in [0.2, 0.25) is 0 Å². The van der Waals surface area contributed by atoms with Crippen LogP contribution < -0.4 is 0 Å². The molecule has 0 aliphatic carbocycles. The van der Waals surface area contributed by atoms with E-state index >= 15 is 0 Å². The molecule has 0 atom stereocenters. The zero-order valence-electron chi connectivity index (χ0n) is 14.4. The molecule has 0 unspecified atom stereocenters. The van der Waals surface area contributed by atoms with Gasteiger partial charge in [0, 0.05) is 19.8 Å². The maximum absolute atomic E-state index is 10.2. The van der Waals surface area contributed by atoms with Crippen LogP contribution in [0.4, 0.5) is 0 Å². The van der Waals surface area contributed by atoms with Crippen LogP contribution in [0.15, 0.2) is 12.7 Å². The Labute approximate surface area is 139 Å². The molecule has 0 amide bonds. The Kier molecular flexibility index (Phi) is 25.4. The van der Waals surface area contributed by atoms with E-state index < -0.39 is 17.9 Å². The molecule has 0 radical (unpaired) electrons. The molecule has 0 aromatic rings. The molecule has 0 saturated carbocycles. The normalized spacial score (nSPS) is 8.78. The number of carboxylic acids is 3. The van der Waals surface area contributed by atoms with E-state index in [2.05, 4.69) is 6.58 Å². The highest BCUT2D eigenvalue weighted by Gasteiger charge is 1.95. The molecule has 0 aliphatic rings. The van der Waals surface area contributed by atoms with Gasteiger partial charge >= 0.3 is 11.9 Å². The second-order valence-corrected chi connectivity index (χ2v) is 5.01. The molecule has 0 rings (SSSR count). The molecule has 0 fully saturated rings. The van der Waals surface area contributed by atoms with Gasteiger partial charge in [0.2, 0.25) is 0 Å². The van der Waals surface area contributed by atoms with Crippen molar-refractivity contribution in [3.05, 3.63) is 12.7 Å². The van der Waals surface area contributed by atoms with Gasteiger partial charge in [0.15, 0.2) is 0 Å². The van der Waals surface area contributed by atoms with Gasteiger partial charge in [-0.05, 0) is 25.7 Å². The van der Waals surface area contributed by atoms with Crippen molar-refractivity contribution in [3.63, 3.8) is 0 Å². The molecule has 3 N–H and O–H groups in total. The zero-order valence-corrected chi connectivity index (χ0v) is 14.4. The SMILES string of the molecule is C=CCCCCCCCCC(=O)O.CC(=O)O.CCCC(=O)O. The third-order valence-electron chi connectivity index (χ3n) is 2.51. The maximum Gasteiger partial charge on any atom is 0.303 e. The van der Waals surface area contributed by atoms with Crippen molar-refractivity contribution in [2.24, 2.45) is 0 Å². The highest BCUT2D eigenvalue weighted by atomic mass is 16.4. The van der Waals surface area contributed by atoms with E-state index in [-0.39, 0.29) is 0 Å². The molecular weight excluding hydrogens is 300 g/mol. The van der Waals surface area contributed by atoms with E-state index in [9.17, 15) is 9.59 Å². The van der Waals surface area contributed by atoms with E-state index in [4.69, 9.17) is 20.1 Å². The maximum atomic E-state index is 10.2. The number of allylic oxidation sites excluding steroid dienone is 1. The number of carboxylic acid groups (broad SMARTS) is 3. The Hall–Kier alpha value is -1.85. The minimum Gasteiger partial charge on any atom is -0.481 e. The summed E-state index contributed by atoms with van der Waals surface area (Å²) < 4.78 is 0. The molecule has 23 heavy (non-hydrogen) atoms. The van der Waals surface area contributed by atoms with Crippen molar-refractivity contribution in [1.29, 1.82) is 0 Å². The van der Waals surface area contributed by atoms with Crippen LogP contribution in [0.5, 0.6) is 0 Å². The third-order valence-corrected chi connectivity index (χ3v) is 2.51. The molecule has 0 saturated heterocycles. The Morgan fingerprint density at radius 1 is 0.826 bits per heavy atom. The number of hydrogen-bond acceptors (Lipinski definition) is 3. The monoisotopic (exact) mass is 332 g/mol. The summed E-state index contributed by atoms with van der Waals surface area (Å²) in [6.45, 7) is 6.59. The lowest BCUT2D eigenvalue weighted by Gasteiger charge is -1.98. The number of rotatable bonds is 11. The van der Waals surface area contributed by atoms with Gasteiger partial charge in [-0.1, -0.05) is 38.7 Å². The fourth-order valence-corrected chi connectivity index (χ4v) is 1.49. The lowest BCUT2D eigenvalue weighted by Crippen LogP contribution is -1.93. The Balaban J connectivity index is -0.000000330. The molecule has 0 aliphatic heterocycles. The first-order valence-electron chi connectivity index (χ1n) is 8.01. The Bertz CT molecular complexity index is 308. The molecule has 0 spiro atoms. The van der Waals surface area contributed by atoms with Crippen molar-refractivity contribution in [1.82, 2.24) is 0 Å². The quantitative estimate of drug-likeness (QED) is 0.383. The predicted octanol–water partition coefficient (Wildman–Crippen LogP) is 4.34. The summed E-state index contributed by atoms with van der Waals surface area (Å²) in [6.07, 6.45) is 11.2. The van der Waals surface area contributed by atoms with Crippen LogP contribution in [-0.2, 0) is 14.4 Å². The lowest BCUT2D eigenvalue weighted by atomic mass is 10.1. The van der Waals surface area contributed by atoms with E-state index in [0.717, 1.165) is 32.6 Å². The molecule has 0 heterocycles. The highest BCUT2D eigenvalue weighted by molar-refractivity contribution is 5.66. The van der Waals surface area contributed by atoms with Gasteiger partial charge in [-0.3, -0.25) is 14.4 Å². The van der Waals surface area contributed by atoms with Crippen molar-refractivity contribution in [2.45, 2.75) is 78.1 Å². The highest BCUT2D eigenvalue weighted by Crippen LogP contribution is 2.08. The smallest absolute Gasteiger partial charge is 0.303 e. The number of hydrogen-bond donors (Lipinski definition) is 3. The average Bonchev–Trinajstić information content (AvgIpc) is 2.41. The van der Waals surface area contributed by atoms with Crippen molar-refractivity contribution in [3.8, 4) is 0 Å². The number of carbonyl (C=O) groups is 3. The van der Waals surface area contributed by atoms with Crippen LogP contribution in [0.25, 0.3) is 0 Å². The first-order chi connectivity index (χ1) is 10.8. The summed E-state index contributed by atoms with van der Waals surface area (Å²) in [6, 6.07) is 0. The minimum absolute atomic E-state index is 0.292. The summed E-state index contributed by atoms with van der Waals surface area (Å²) in [5, 5.41) is 23.7. The van der Waals surface area contributed by atoms with Gasteiger partial charge in [-0.2, -0.15) is 0 Å². The zero-order chi connectivity index (χ0) is 18.5. The summed E-state index contributed by atoms with van der Waals surface area (Å²) in [5.74, 6) is -2.22. The fourth-order valence-electron chi connectivity index (χ4n) is 1.49. The van der Waals surface area contributed by atoms with Crippen LogP contribution in [-0.4, -0.2) is 33.2 Å². The summed E-state index contributed by atoms with van der Waals surface area (Å²) in [7, 11) is 0. The molecule has 6 nitrogen and oxygen atoms in total. The number of aliphatic carboxylic acids is 3. The second-order valence-electron chi connectivity index (χ2n) is 5.01. The van der Waals surface area contributed by atoms with Gasteiger partial charge in [-0.25, -0.2) is 0 Å². The van der Waals surface area contributed by atoms with Gasteiger partial charge in [0.1, 0.15) is 0 Å². The molecular formula is C17H32O6. The minimum atomic E-state index is -0.833. The van der Waals surface area contributed by atoms with Gasteiger partial charge in [0.25, 0.3) is 5.97 Å². The van der Waals surface area contributed by atoms with Gasteiger partial charge < -0.3 is 15.3 Å². The Morgan fingerprint density at radius 3 is 1.52 bits per heavy atom. The predicted molar refractivity (Wildman–Crippen MR) is 90.6 cm³/mol. The van der Waals surface area contributed by atoms with Crippen LogP contribution >= 0.6 is 0 Å². The second kappa shape index (κ2) is 22.4. The topological polar surface area (TPSA) is 112 Å². The fraction of sp³-hybridized carbons (Fsp3) is 0.706. The van der Waals surface area contributed by atoms with E-state index in [1.807, 2.05) is 13.0 Å². The molecule has 0 aromatic heterocycles. The lowest BCUT2D eigenvalue weighted by molar-refractivity contribution is -0.138. The van der Waals surface area contributed by atoms with E-state index in [1.165, 1.54) is 25.7 Å². The van der Waals surface area contributed by atoms with Gasteiger partial charge in [-0.15, -0.1) is 6.58 Å². The largest absolute Gasteiger partial charge is 0.481 e. The molecule has 0 bridgehead atoms. The summed E-state index contributed by atoms with van der Waals surface area (Å²) >= 11 is 0. The van der Waals surface area contributed by atoms with E-state index in [0.29, 0.717) is 12.8 Å². The Morgan fingerprint density at radius 2 is 1.22 bits per heavy atom. The van der Waals surface area contributed by atoms with Crippen LogP contribution in [0, 0.1) is 0 Å². The molecule has 6 heteroatoms. The summed E-state index contributed by atoms with van der Waals surface area (Å²) in [5.41, 5.74) is 0. The third kappa shape index (κ3) is 53.4. The van der Waals surface area contributed by atoms with Crippen molar-refractivity contribution in [2.75, 3.05) is 0 Å². The van der Waals surface area contributed by atoms with Crippen molar-refractivity contribution >= 4 is 17.9 Å². The summed E-state index contributed by atoms with van der Waals surface area (Å²) in [4.78, 5) is 28.8. The van der Waals surface area contributed by atoms with E-state index in [1.54, 1.807) is 0 Å². The first-order valence-corrected chi connectivity index (χ1v) is 8.01. The molecule has 0 aromatic carbocycles. The molecule has 136 valence electrons. The number of unbranched alkanes of at least 4 members (excludes halogenated alkanes) is 6. The van der Waals surface area contributed by atoms with Crippen LogP contribution in [0.1, 0.15) is 78.1 Å². The standard InChI is InChI=1S/C11H20O2.C4H8O2.C2H4O2/c1-2-3-4-5-6-7-8-9-10-11(12)13;1-2-3-4(5)6;1-2(3)4/h2H,1,3-10H2,(H,12,13);2-3H2,1H3,(H,5,6);1H3,(H,3,4).